The van der Waals surface area contributed by atoms with Gasteiger partial charge in [-0.3, -0.25) is 4.79 Å². The second-order valence-electron chi connectivity index (χ2n) is 5.28. The van der Waals surface area contributed by atoms with Crippen LogP contribution in [-0.2, 0) is 0 Å². The zero-order valence-corrected chi connectivity index (χ0v) is 13.1. The molecule has 0 fully saturated rings. The lowest BCUT2D eigenvalue weighted by Crippen LogP contribution is -2.37. The molecule has 4 rings (SSSR count). The molecule has 0 spiro atoms. The Kier molecular flexibility index (Phi) is 3.12. The first-order valence-corrected chi connectivity index (χ1v) is 7.95. The summed E-state index contributed by atoms with van der Waals surface area (Å²) < 4.78 is 6.21. The van der Waals surface area contributed by atoms with Gasteiger partial charge in [0.25, 0.3) is 5.91 Å². The number of benzene rings is 2. The van der Waals surface area contributed by atoms with Crippen molar-refractivity contribution in [1.82, 2.24) is 5.32 Å². The highest BCUT2D eigenvalue weighted by molar-refractivity contribution is 7.23. The average molecular weight is 326 g/mol. The van der Waals surface area contributed by atoms with Gasteiger partial charge in [0.1, 0.15) is 11.2 Å². The molecule has 2 heterocycles. The molecule has 1 aliphatic rings. The van der Waals surface area contributed by atoms with Crippen molar-refractivity contribution in [2.75, 3.05) is 12.4 Å². The summed E-state index contributed by atoms with van der Waals surface area (Å²) in [5, 5.41) is 17.8. The van der Waals surface area contributed by atoms with E-state index in [2.05, 4.69) is 10.6 Å². The number of amides is 1. The average Bonchev–Trinajstić information content (AvgIpc) is 2.94. The number of hydrogen-bond donors (Lipinski definition) is 3. The van der Waals surface area contributed by atoms with E-state index in [-0.39, 0.29) is 17.8 Å². The molecule has 0 radical (unpaired) electrons. The molecule has 3 N–H and O–H groups in total. The quantitative estimate of drug-likeness (QED) is 0.674. The number of aromatic hydroxyl groups is 1. The fraction of sp³-hybridized carbons (Fsp3) is 0.118. The van der Waals surface area contributed by atoms with Crippen LogP contribution in [0.1, 0.15) is 22.1 Å². The maximum atomic E-state index is 12.5. The van der Waals surface area contributed by atoms with Crippen LogP contribution in [0.25, 0.3) is 10.1 Å². The molecule has 3 aromatic rings. The summed E-state index contributed by atoms with van der Waals surface area (Å²) in [7, 11) is 1.50. The maximum absolute atomic E-state index is 12.5. The number of methoxy groups -OCH3 is 1. The largest absolute Gasteiger partial charge is 0.504 e. The highest BCUT2D eigenvalue weighted by Crippen LogP contribution is 2.40. The van der Waals surface area contributed by atoms with Crippen LogP contribution < -0.4 is 15.4 Å². The molecular weight excluding hydrogens is 312 g/mol. The topological polar surface area (TPSA) is 70.6 Å². The minimum atomic E-state index is -0.363. The number of hydrogen-bond acceptors (Lipinski definition) is 5. The van der Waals surface area contributed by atoms with Crippen molar-refractivity contribution < 1.29 is 14.6 Å². The van der Waals surface area contributed by atoms with Gasteiger partial charge in [-0.25, -0.2) is 0 Å². The van der Waals surface area contributed by atoms with Gasteiger partial charge in [0.15, 0.2) is 11.5 Å². The number of ether oxygens (including phenoxy) is 1. The number of phenols is 1. The molecule has 0 saturated heterocycles. The molecule has 0 unspecified atom stereocenters. The number of carbonyl (C=O) groups is 1. The molecule has 116 valence electrons. The molecule has 2 aromatic carbocycles. The van der Waals surface area contributed by atoms with E-state index in [9.17, 15) is 9.90 Å². The van der Waals surface area contributed by atoms with Crippen molar-refractivity contribution in [2.24, 2.45) is 0 Å². The van der Waals surface area contributed by atoms with E-state index in [0.717, 1.165) is 20.7 Å². The van der Waals surface area contributed by atoms with Crippen LogP contribution >= 0.6 is 11.3 Å². The zero-order valence-electron chi connectivity index (χ0n) is 12.3. The molecule has 1 aromatic heterocycles. The summed E-state index contributed by atoms with van der Waals surface area (Å²) in [4.78, 5) is 12.5. The van der Waals surface area contributed by atoms with Gasteiger partial charge >= 0.3 is 0 Å². The third-order valence-electron chi connectivity index (χ3n) is 3.91. The van der Waals surface area contributed by atoms with Gasteiger partial charge in [0, 0.05) is 10.1 Å². The maximum Gasteiger partial charge on any atom is 0.256 e. The molecular formula is C17H14N2O3S. The molecule has 0 saturated carbocycles. The molecule has 1 atom stereocenters. The van der Waals surface area contributed by atoms with Crippen LogP contribution in [0.3, 0.4) is 0 Å². The number of thiophene rings is 1. The number of phenolic OH excluding ortho intramolecular Hbond substituents is 1. The first-order chi connectivity index (χ1) is 11.2. The lowest BCUT2D eigenvalue weighted by molar-refractivity contribution is 0.0938. The number of fused-ring (bicyclic) bond motifs is 3. The van der Waals surface area contributed by atoms with E-state index in [1.807, 2.05) is 24.3 Å². The summed E-state index contributed by atoms with van der Waals surface area (Å²) in [6.07, 6.45) is -0.363. The first-order valence-electron chi connectivity index (χ1n) is 7.13. The molecule has 0 aliphatic carbocycles. The normalized spacial score (nSPS) is 16.6. The van der Waals surface area contributed by atoms with Crippen molar-refractivity contribution in [2.45, 2.75) is 6.17 Å². The summed E-state index contributed by atoms with van der Waals surface area (Å²) in [6, 6.07) is 12.9. The van der Waals surface area contributed by atoms with Gasteiger partial charge < -0.3 is 20.5 Å². The summed E-state index contributed by atoms with van der Waals surface area (Å²) >= 11 is 1.56. The lowest BCUT2D eigenvalue weighted by atomic mass is 10.1. The highest BCUT2D eigenvalue weighted by atomic mass is 32.1. The first kappa shape index (κ1) is 13.9. The van der Waals surface area contributed by atoms with Crippen LogP contribution in [0.15, 0.2) is 42.5 Å². The Labute approximate surface area is 136 Å². The number of carbonyl (C=O) groups excluding carboxylic acids is 1. The van der Waals surface area contributed by atoms with Crippen LogP contribution in [0.2, 0.25) is 0 Å². The predicted molar refractivity (Wildman–Crippen MR) is 90.3 cm³/mol. The summed E-state index contributed by atoms with van der Waals surface area (Å²) in [5.41, 5.74) is 1.50. The standard InChI is InChI=1S/C17H14N2O3S/c1-22-12-8-9(6-7-11(12)20)15-18-16(21)14-10-4-2-3-5-13(10)23-17(14)19-15/h2-8,15,19-20H,1H3,(H,18,21)/t15-/m1/s1. The Morgan fingerprint density at radius 1 is 1.17 bits per heavy atom. The SMILES string of the molecule is COc1cc([C@@H]2NC(=O)c3c(sc4ccccc34)N2)ccc1O. The Balaban J connectivity index is 1.76. The molecule has 5 nitrogen and oxygen atoms in total. The van der Waals surface area contributed by atoms with Crippen LogP contribution in [0.4, 0.5) is 5.00 Å². The lowest BCUT2D eigenvalue weighted by Gasteiger charge is -2.26. The minimum absolute atomic E-state index is 0.0703. The molecule has 1 aliphatic heterocycles. The second kappa shape index (κ2) is 5.17. The van der Waals surface area contributed by atoms with Gasteiger partial charge in [-0.1, -0.05) is 24.3 Å². The Morgan fingerprint density at radius 2 is 2.00 bits per heavy atom. The van der Waals surface area contributed by atoms with E-state index >= 15 is 0 Å². The number of anilines is 1. The predicted octanol–water partition coefficient (Wildman–Crippen LogP) is 3.47. The fourth-order valence-corrected chi connectivity index (χ4v) is 3.91. The Morgan fingerprint density at radius 3 is 2.83 bits per heavy atom. The number of rotatable bonds is 2. The molecule has 23 heavy (non-hydrogen) atoms. The van der Waals surface area contributed by atoms with Gasteiger partial charge in [0.2, 0.25) is 0 Å². The van der Waals surface area contributed by atoms with Crippen molar-refractivity contribution in [1.29, 1.82) is 0 Å². The summed E-state index contributed by atoms with van der Waals surface area (Å²) in [5.74, 6) is 0.342. The Hall–Kier alpha value is -2.73. The molecule has 0 bridgehead atoms. The van der Waals surface area contributed by atoms with Crippen LogP contribution in [0.5, 0.6) is 11.5 Å². The van der Waals surface area contributed by atoms with Gasteiger partial charge in [-0.2, -0.15) is 0 Å². The fourth-order valence-electron chi connectivity index (χ4n) is 2.78. The van der Waals surface area contributed by atoms with Crippen LogP contribution in [-0.4, -0.2) is 18.1 Å². The smallest absolute Gasteiger partial charge is 0.256 e. The third kappa shape index (κ3) is 2.19. The van der Waals surface area contributed by atoms with Gasteiger partial charge in [-0.15, -0.1) is 11.3 Å². The van der Waals surface area contributed by atoms with Crippen molar-refractivity contribution in [3.05, 3.63) is 53.6 Å². The van der Waals surface area contributed by atoms with Crippen molar-refractivity contribution in [3.8, 4) is 11.5 Å². The monoisotopic (exact) mass is 326 g/mol. The summed E-state index contributed by atoms with van der Waals surface area (Å²) in [6.45, 7) is 0. The van der Waals surface area contributed by atoms with Gasteiger partial charge in [0.05, 0.1) is 12.7 Å². The van der Waals surface area contributed by atoms with E-state index in [1.165, 1.54) is 7.11 Å². The highest BCUT2D eigenvalue weighted by Gasteiger charge is 2.28. The van der Waals surface area contributed by atoms with E-state index in [0.29, 0.717) is 11.3 Å². The van der Waals surface area contributed by atoms with E-state index in [4.69, 9.17) is 4.74 Å². The van der Waals surface area contributed by atoms with Crippen LogP contribution in [0, 0.1) is 0 Å². The number of nitrogens with one attached hydrogen (secondary N) is 2. The van der Waals surface area contributed by atoms with Gasteiger partial charge in [-0.05, 0) is 23.8 Å². The third-order valence-corrected chi connectivity index (χ3v) is 5.01. The van der Waals surface area contributed by atoms with E-state index < -0.39 is 0 Å². The molecule has 6 heteroatoms. The van der Waals surface area contributed by atoms with Crippen molar-refractivity contribution >= 4 is 32.3 Å². The Bertz CT molecular complexity index is 919. The zero-order chi connectivity index (χ0) is 16.0. The minimum Gasteiger partial charge on any atom is -0.504 e. The van der Waals surface area contributed by atoms with Crippen molar-refractivity contribution in [3.63, 3.8) is 0 Å². The second-order valence-corrected chi connectivity index (χ2v) is 6.34. The molecule has 1 amide bonds. The van der Waals surface area contributed by atoms with E-state index in [1.54, 1.807) is 29.5 Å².